The molecule has 11 rings (SSSR count). The molecule has 0 bridgehead atoms. The number of para-hydroxylation sites is 2. The van der Waals surface area contributed by atoms with Gasteiger partial charge < -0.3 is 9.47 Å². The molecule has 0 aliphatic heterocycles. The Balaban J connectivity index is 1.20. The Morgan fingerprint density at radius 3 is 1.85 bits per heavy atom. The van der Waals surface area contributed by atoms with Gasteiger partial charge in [0.1, 0.15) is 0 Å². The van der Waals surface area contributed by atoms with Gasteiger partial charge in [-0.2, -0.15) is 0 Å². The molecule has 3 heterocycles. The zero-order valence-electron chi connectivity index (χ0n) is 28.0. The molecule has 11 aromatic rings. The highest BCUT2D eigenvalue weighted by atomic mass is 32.1. The van der Waals surface area contributed by atoms with Gasteiger partial charge in [0.05, 0.1) is 21.4 Å². The first-order chi connectivity index (χ1) is 25.8. The van der Waals surface area contributed by atoms with Gasteiger partial charge in [-0.3, -0.25) is 0 Å². The minimum absolute atomic E-state index is 1.13. The van der Waals surface area contributed by atoms with Crippen molar-refractivity contribution in [3.05, 3.63) is 182 Å². The van der Waals surface area contributed by atoms with Crippen LogP contribution in [-0.4, -0.2) is 4.57 Å². The van der Waals surface area contributed by atoms with Gasteiger partial charge in [0.15, 0.2) is 0 Å². The lowest BCUT2D eigenvalue weighted by Gasteiger charge is -2.26. The maximum absolute atomic E-state index is 2.48. The summed E-state index contributed by atoms with van der Waals surface area (Å²) < 4.78 is 7.61. The van der Waals surface area contributed by atoms with E-state index in [1.807, 2.05) is 22.7 Å². The highest BCUT2D eigenvalue weighted by Crippen LogP contribution is 2.49. The van der Waals surface area contributed by atoms with Crippen LogP contribution in [0, 0.1) is 0 Å². The van der Waals surface area contributed by atoms with E-state index in [9.17, 15) is 0 Å². The largest absolute Gasteiger partial charge is 0.309 e. The van der Waals surface area contributed by atoms with Gasteiger partial charge in [-0.05, 0) is 65.7 Å². The smallest absolute Gasteiger partial charge is 0.0640 e. The molecular formula is C48H30N2S2. The molecule has 0 aliphatic carbocycles. The van der Waals surface area contributed by atoms with Crippen LogP contribution in [-0.2, 0) is 0 Å². The number of hydrogen-bond acceptors (Lipinski definition) is 3. The summed E-state index contributed by atoms with van der Waals surface area (Å²) in [5.74, 6) is 0. The van der Waals surface area contributed by atoms with Crippen molar-refractivity contribution < 1.29 is 0 Å². The van der Waals surface area contributed by atoms with Crippen molar-refractivity contribution in [2.75, 3.05) is 4.90 Å². The fraction of sp³-hybridized carbons (Fsp3) is 0. The summed E-state index contributed by atoms with van der Waals surface area (Å²) in [6.07, 6.45) is 0. The van der Waals surface area contributed by atoms with Crippen LogP contribution in [0.25, 0.3) is 79.0 Å². The SMILES string of the molecule is c1ccc(-c2cccc3c2sc2c(N(c4ccc5c(c4)sc4ccccc45)c4ccc5c6ccccc6n(-c6ccccc6)c5c4)cccc23)cc1. The Labute approximate surface area is 308 Å². The average Bonchev–Trinajstić information content (AvgIpc) is 3.88. The van der Waals surface area contributed by atoms with E-state index in [0.29, 0.717) is 0 Å². The number of benzene rings is 8. The summed E-state index contributed by atoms with van der Waals surface area (Å²) in [6.45, 7) is 0. The van der Waals surface area contributed by atoms with Gasteiger partial charge in [0, 0.05) is 63.5 Å². The maximum Gasteiger partial charge on any atom is 0.0640 e. The average molecular weight is 699 g/mol. The van der Waals surface area contributed by atoms with E-state index in [4.69, 9.17) is 0 Å². The van der Waals surface area contributed by atoms with E-state index in [1.54, 1.807) is 0 Å². The van der Waals surface area contributed by atoms with Gasteiger partial charge in [-0.15, -0.1) is 22.7 Å². The number of anilines is 3. The summed E-state index contributed by atoms with van der Waals surface area (Å²) in [6, 6.07) is 66.6. The fourth-order valence-corrected chi connectivity index (χ4v) is 10.5. The molecule has 0 radical (unpaired) electrons. The predicted octanol–water partition coefficient (Wildman–Crippen LogP) is 14.7. The van der Waals surface area contributed by atoms with Crippen molar-refractivity contribution in [1.29, 1.82) is 0 Å². The summed E-state index contributed by atoms with van der Waals surface area (Å²) in [5, 5.41) is 7.69. The van der Waals surface area contributed by atoms with Crippen molar-refractivity contribution in [3.63, 3.8) is 0 Å². The van der Waals surface area contributed by atoms with Crippen LogP contribution < -0.4 is 4.90 Å². The van der Waals surface area contributed by atoms with E-state index in [2.05, 4.69) is 191 Å². The lowest BCUT2D eigenvalue weighted by Crippen LogP contribution is -2.10. The Morgan fingerprint density at radius 1 is 0.385 bits per heavy atom. The number of thiophene rings is 2. The van der Waals surface area contributed by atoms with Gasteiger partial charge >= 0.3 is 0 Å². The van der Waals surface area contributed by atoms with Crippen molar-refractivity contribution >= 4 is 102 Å². The molecular weight excluding hydrogens is 669 g/mol. The normalized spacial score (nSPS) is 11.8. The van der Waals surface area contributed by atoms with Gasteiger partial charge in [-0.25, -0.2) is 0 Å². The zero-order chi connectivity index (χ0) is 34.2. The van der Waals surface area contributed by atoms with E-state index in [-0.39, 0.29) is 0 Å². The van der Waals surface area contributed by atoms with E-state index in [1.165, 1.54) is 79.0 Å². The molecule has 0 unspecified atom stereocenters. The van der Waals surface area contributed by atoms with Crippen LogP contribution >= 0.6 is 22.7 Å². The third-order valence-corrected chi connectivity index (χ3v) is 12.8. The van der Waals surface area contributed by atoms with E-state index < -0.39 is 0 Å². The second kappa shape index (κ2) is 11.7. The molecule has 0 amide bonds. The topological polar surface area (TPSA) is 8.17 Å². The van der Waals surface area contributed by atoms with Crippen molar-refractivity contribution in [1.82, 2.24) is 4.57 Å². The highest BCUT2D eigenvalue weighted by Gasteiger charge is 2.22. The number of aromatic nitrogens is 1. The van der Waals surface area contributed by atoms with Gasteiger partial charge in [0.25, 0.3) is 0 Å². The Hall–Kier alpha value is -6.20. The Kier molecular flexibility index (Phi) is 6.63. The number of hydrogen-bond donors (Lipinski definition) is 0. The minimum atomic E-state index is 1.13. The minimum Gasteiger partial charge on any atom is -0.309 e. The molecule has 52 heavy (non-hydrogen) atoms. The highest BCUT2D eigenvalue weighted by molar-refractivity contribution is 7.27. The Morgan fingerprint density at radius 2 is 1.00 bits per heavy atom. The van der Waals surface area contributed by atoms with Gasteiger partial charge in [0.2, 0.25) is 0 Å². The third-order valence-electron chi connectivity index (χ3n) is 10.4. The standard InChI is InChI=1S/C48H30N2S2/c1-3-13-31(14-4-1)35-19-11-20-40-41-21-12-23-43(48(41)52-47(35)40)49(34-26-28-39-38-18-8-10-24-45(38)51-46(39)30-34)33-25-27-37-36-17-7-9-22-42(36)50(44(37)29-33)32-15-5-2-6-16-32/h1-30H. The van der Waals surface area contributed by atoms with E-state index in [0.717, 1.165) is 17.1 Å². The van der Waals surface area contributed by atoms with Crippen LogP contribution in [0.1, 0.15) is 0 Å². The molecule has 2 nitrogen and oxygen atoms in total. The zero-order valence-corrected chi connectivity index (χ0v) is 29.7. The molecule has 0 aliphatic rings. The molecule has 0 spiro atoms. The number of rotatable bonds is 5. The molecule has 8 aromatic carbocycles. The first kappa shape index (κ1) is 29.5. The first-order valence-corrected chi connectivity index (χ1v) is 19.2. The predicted molar refractivity (Wildman–Crippen MR) is 227 cm³/mol. The van der Waals surface area contributed by atoms with Crippen LogP contribution in [0.3, 0.4) is 0 Å². The lowest BCUT2D eigenvalue weighted by atomic mass is 10.0. The lowest BCUT2D eigenvalue weighted by molar-refractivity contribution is 1.18. The van der Waals surface area contributed by atoms with Crippen molar-refractivity contribution in [2.45, 2.75) is 0 Å². The molecule has 0 N–H and O–H groups in total. The summed E-state index contributed by atoms with van der Waals surface area (Å²) in [7, 11) is 0. The second-order valence-electron chi connectivity index (χ2n) is 13.3. The monoisotopic (exact) mass is 698 g/mol. The van der Waals surface area contributed by atoms with E-state index >= 15 is 0 Å². The van der Waals surface area contributed by atoms with Crippen LogP contribution in [0.4, 0.5) is 17.1 Å². The summed E-state index contributed by atoms with van der Waals surface area (Å²) >= 11 is 3.77. The number of fused-ring (bicyclic) bond motifs is 9. The van der Waals surface area contributed by atoms with Crippen molar-refractivity contribution in [2.24, 2.45) is 0 Å². The first-order valence-electron chi connectivity index (χ1n) is 17.6. The second-order valence-corrected chi connectivity index (χ2v) is 15.4. The summed E-state index contributed by atoms with van der Waals surface area (Å²) in [5.41, 5.74) is 9.52. The molecule has 0 saturated carbocycles. The third kappa shape index (κ3) is 4.48. The molecule has 0 saturated heterocycles. The molecule has 3 aromatic heterocycles. The van der Waals surface area contributed by atoms with Gasteiger partial charge in [-0.1, -0.05) is 127 Å². The maximum atomic E-state index is 2.48. The summed E-state index contributed by atoms with van der Waals surface area (Å²) in [4.78, 5) is 2.48. The number of nitrogens with zero attached hydrogens (tertiary/aromatic N) is 2. The van der Waals surface area contributed by atoms with Crippen LogP contribution in [0.5, 0.6) is 0 Å². The molecule has 4 heteroatoms. The molecule has 0 atom stereocenters. The fourth-order valence-electron chi connectivity index (χ4n) is 8.06. The Bertz CT molecular complexity index is 3130. The van der Waals surface area contributed by atoms with Crippen LogP contribution in [0.15, 0.2) is 182 Å². The van der Waals surface area contributed by atoms with Crippen molar-refractivity contribution in [3.8, 4) is 16.8 Å². The molecule has 244 valence electrons. The van der Waals surface area contributed by atoms with Crippen LogP contribution in [0.2, 0.25) is 0 Å². The quantitative estimate of drug-likeness (QED) is 0.174. The molecule has 0 fully saturated rings.